The van der Waals surface area contributed by atoms with Crippen LogP contribution in [-0.4, -0.2) is 47.6 Å². The van der Waals surface area contributed by atoms with Crippen molar-refractivity contribution < 1.29 is 9.53 Å². The fraction of sp³-hybridized carbons (Fsp3) is 0.571. The summed E-state index contributed by atoms with van der Waals surface area (Å²) in [7, 11) is 0. The Morgan fingerprint density at radius 3 is 2.79 bits per heavy atom. The summed E-state index contributed by atoms with van der Waals surface area (Å²) in [6.45, 7) is 7.97. The number of hydrogen-bond acceptors (Lipinski definition) is 4. The number of nitrogens with zero attached hydrogens (tertiary/aromatic N) is 2. The van der Waals surface area contributed by atoms with Crippen LogP contribution < -0.4 is 5.32 Å². The van der Waals surface area contributed by atoms with Crippen LogP contribution in [0.5, 0.6) is 0 Å². The predicted octanol–water partition coefficient (Wildman–Crippen LogP) is 1.76. The Bertz CT molecular complexity index is 440. The summed E-state index contributed by atoms with van der Waals surface area (Å²) in [5, 5.41) is 3.13. The SMILES string of the molecule is CCNc1ncccc1C(=O)N1CC(C)OC(C)C1. The largest absolute Gasteiger partial charge is 0.372 e. The topological polar surface area (TPSA) is 54.5 Å². The van der Waals surface area contributed by atoms with Gasteiger partial charge in [0.25, 0.3) is 5.91 Å². The Morgan fingerprint density at radius 1 is 1.47 bits per heavy atom. The van der Waals surface area contributed by atoms with E-state index in [2.05, 4.69) is 10.3 Å². The third kappa shape index (κ3) is 3.23. The van der Waals surface area contributed by atoms with Gasteiger partial charge in [-0.05, 0) is 32.9 Å². The maximum Gasteiger partial charge on any atom is 0.257 e. The van der Waals surface area contributed by atoms with Crippen LogP contribution in [0.1, 0.15) is 31.1 Å². The maximum atomic E-state index is 12.6. The lowest BCUT2D eigenvalue weighted by Gasteiger charge is -2.35. The van der Waals surface area contributed by atoms with E-state index < -0.39 is 0 Å². The standard InChI is InChI=1S/C14H21N3O2/c1-4-15-13-12(6-5-7-16-13)14(18)17-8-10(2)19-11(3)9-17/h5-7,10-11H,4,8-9H2,1-3H3,(H,15,16). The minimum atomic E-state index is 0.0195. The number of hydrogen-bond donors (Lipinski definition) is 1. The van der Waals surface area contributed by atoms with Crippen molar-refractivity contribution in [2.45, 2.75) is 33.0 Å². The quantitative estimate of drug-likeness (QED) is 0.903. The second kappa shape index (κ2) is 6.02. The molecule has 2 rings (SSSR count). The molecule has 0 saturated carbocycles. The van der Waals surface area contributed by atoms with Gasteiger partial charge in [0.1, 0.15) is 5.82 Å². The van der Waals surface area contributed by atoms with Crippen LogP contribution in [0.15, 0.2) is 18.3 Å². The van der Waals surface area contributed by atoms with Crippen molar-refractivity contribution in [3.8, 4) is 0 Å². The highest BCUT2D eigenvalue weighted by atomic mass is 16.5. The highest BCUT2D eigenvalue weighted by molar-refractivity contribution is 5.98. The molecule has 104 valence electrons. The zero-order valence-electron chi connectivity index (χ0n) is 11.7. The zero-order chi connectivity index (χ0) is 13.8. The van der Waals surface area contributed by atoms with E-state index in [1.807, 2.05) is 31.7 Å². The summed E-state index contributed by atoms with van der Waals surface area (Å²) in [5.41, 5.74) is 0.630. The molecule has 0 aliphatic carbocycles. The lowest BCUT2D eigenvalue weighted by molar-refractivity contribution is -0.0586. The second-order valence-corrected chi connectivity index (χ2v) is 4.90. The molecule has 1 N–H and O–H groups in total. The molecule has 5 heteroatoms. The number of nitrogens with one attached hydrogen (secondary N) is 1. The zero-order valence-corrected chi connectivity index (χ0v) is 11.7. The Balaban J connectivity index is 2.19. The summed E-state index contributed by atoms with van der Waals surface area (Å²) in [5.74, 6) is 0.674. The molecule has 1 fully saturated rings. The lowest BCUT2D eigenvalue weighted by atomic mass is 10.1. The first-order valence-electron chi connectivity index (χ1n) is 6.75. The summed E-state index contributed by atoms with van der Waals surface area (Å²) in [6.07, 6.45) is 1.85. The van der Waals surface area contributed by atoms with Crippen molar-refractivity contribution in [3.63, 3.8) is 0 Å². The van der Waals surface area contributed by atoms with E-state index in [0.717, 1.165) is 6.54 Å². The summed E-state index contributed by atoms with van der Waals surface area (Å²) in [6, 6.07) is 3.61. The highest BCUT2D eigenvalue weighted by Crippen LogP contribution is 2.18. The molecule has 1 aliphatic rings. The molecule has 0 aromatic carbocycles. The third-order valence-electron chi connectivity index (χ3n) is 3.09. The fourth-order valence-corrected chi connectivity index (χ4v) is 2.40. The minimum absolute atomic E-state index is 0.0195. The summed E-state index contributed by atoms with van der Waals surface area (Å²) < 4.78 is 5.66. The van der Waals surface area contributed by atoms with Crippen molar-refractivity contribution in [2.75, 3.05) is 25.0 Å². The van der Waals surface area contributed by atoms with Gasteiger partial charge in [-0.2, -0.15) is 0 Å². The maximum absolute atomic E-state index is 12.6. The van der Waals surface area contributed by atoms with Crippen LogP contribution in [0.2, 0.25) is 0 Å². The van der Waals surface area contributed by atoms with E-state index in [1.165, 1.54) is 0 Å². The van der Waals surface area contributed by atoms with Crippen LogP contribution in [0.3, 0.4) is 0 Å². The number of carbonyl (C=O) groups excluding carboxylic acids is 1. The molecule has 2 heterocycles. The predicted molar refractivity (Wildman–Crippen MR) is 74.3 cm³/mol. The van der Waals surface area contributed by atoms with Crippen molar-refractivity contribution in [1.29, 1.82) is 0 Å². The number of pyridine rings is 1. The monoisotopic (exact) mass is 263 g/mol. The molecule has 1 aromatic heterocycles. The van der Waals surface area contributed by atoms with Gasteiger partial charge in [-0.15, -0.1) is 0 Å². The number of rotatable bonds is 3. The Labute approximate surface area is 114 Å². The van der Waals surface area contributed by atoms with Crippen molar-refractivity contribution in [1.82, 2.24) is 9.88 Å². The van der Waals surface area contributed by atoms with E-state index in [4.69, 9.17) is 4.74 Å². The Morgan fingerprint density at radius 2 is 2.16 bits per heavy atom. The first-order chi connectivity index (χ1) is 9.11. The first kappa shape index (κ1) is 13.8. The van der Waals surface area contributed by atoms with Gasteiger partial charge >= 0.3 is 0 Å². The summed E-state index contributed by atoms with van der Waals surface area (Å²) in [4.78, 5) is 18.7. The third-order valence-corrected chi connectivity index (χ3v) is 3.09. The smallest absolute Gasteiger partial charge is 0.257 e. The molecule has 0 radical (unpaired) electrons. The van der Waals surface area contributed by atoms with E-state index in [9.17, 15) is 4.79 Å². The molecule has 0 bridgehead atoms. The molecule has 1 aliphatic heterocycles. The van der Waals surface area contributed by atoms with Crippen molar-refractivity contribution in [3.05, 3.63) is 23.9 Å². The Hall–Kier alpha value is -1.62. The number of amides is 1. The van der Waals surface area contributed by atoms with Crippen molar-refractivity contribution >= 4 is 11.7 Å². The number of aromatic nitrogens is 1. The van der Waals surface area contributed by atoms with Crippen LogP contribution in [0.25, 0.3) is 0 Å². The van der Waals surface area contributed by atoms with E-state index >= 15 is 0 Å². The molecule has 2 atom stereocenters. The average molecular weight is 263 g/mol. The van der Waals surface area contributed by atoms with Gasteiger partial charge in [0.05, 0.1) is 17.8 Å². The molecule has 1 aromatic rings. The number of anilines is 1. The molecule has 19 heavy (non-hydrogen) atoms. The van der Waals surface area contributed by atoms with Gasteiger partial charge in [0.15, 0.2) is 0 Å². The number of carbonyl (C=O) groups is 1. The fourth-order valence-electron chi connectivity index (χ4n) is 2.40. The van der Waals surface area contributed by atoms with E-state index in [0.29, 0.717) is 24.5 Å². The van der Waals surface area contributed by atoms with Crippen LogP contribution >= 0.6 is 0 Å². The Kier molecular flexibility index (Phi) is 4.37. The van der Waals surface area contributed by atoms with Gasteiger partial charge in [0.2, 0.25) is 0 Å². The van der Waals surface area contributed by atoms with E-state index in [1.54, 1.807) is 12.3 Å². The van der Waals surface area contributed by atoms with Crippen LogP contribution in [-0.2, 0) is 4.74 Å². The molecular weight excluding hydrogens is 242 g/mol. The van der Waals surface area contributed by atoms with Crippen LogP contribution in [0, 0.1) is 0 Å². The molecular formula is C14H21N3O2. The molecule has 1 saturated heterocycles. The van der Waals surface area contributed by atoms with Gasteiger partial charge in [-0.25, -0.2) is 4.98 Å². The van der Waals surface area contributed by atoms with E-state index in [-0.39, 0.29) is 18.1 Å². The first-order valence-corrected chi connectivity index (χ1v) is 6.75. The number of ether oxygens (including phenoxy) is 1. The minimum Gasteiger partial charge on any atom is -0.372 e. The van der Waals surface area contributed by atoms with Gasteiger partial charge < -0.3 is 15.0 Å². The number of morpholine rings is 1. The average Bonchev–Trinajstić information content (AvgIpc) is 2.38. The van der Waals surface area contributed by atoms with Crippen molar-refractivity contribution in [2.24, 2.45) is 0 Å². The van der Waals surface area contributed by atoms with Crippen LogP contribution in [0.4, 0.5) is 5.82 Å². The molecule has 5 nitrogen and oxygen atoms in total. The van der Waals surface area contributed by atoms with Gasteiger partial charge in [-0.3, -0.25) is 4.79 Å². The molecule has 1 amide bonds. The van der Waals surface area contributed by atoms with Gasteiger partial charge in [0, 0.05) is 25.8 Å². The lowest BCUT2D eigenvalue weighted by Crippen LogP contribution is -2.48. The summed E-state index contributed by atoms with van der Waals surface area (Å²) >= 11 is 0. The molecule has 2 unspecified atom stereocenters. The highest BCUT2D eigenvalue weighted by Gasteiger charge is 2.27. The molecule has 0 spiro atoms. The normalized spacial score (nSPS) is 23.2. The second-order valence-electron chi connectivity index (χ2n) is 4.90. The van der Waals surface area contributed by atoms with Gasteiger partial charge in [-0.1, -0.05) is 0 Å².